The zero-order chi connectivity index (χ0) is 12.8. The first-order chi connectivity index (χ1) is 8.13. The standard InChI is InChI=1S/C14H22N2O/c1-5-9-16(6-2)14(17)12-7-8-13(15-4)11(3)10-12/h7-8,10,15H,5-6,9H2,1-4H3. The summed E-state index contributed by atoms with van der Waals surface area (Å²) in [7, 11) is 1.89. The molecule has 1 rings (SSSR count). The van der Waals surface area contributed by atoms with Gasteiger partial charge in [0.05, 0.1) is 0 Å². The molecular weight excluding hydrogens is 212 g/mol. The Hall–Kier alpha value is -1.51. The smallest absolute Gasteiger partial charge is 0.253 e. The van der Waals surface area contributed by atoms with Crippen molar-refractivity contribution in [2.75, 3.05) is 25.5 Å². The first kappa shape index (κ1) is 13.6. The van der Waals surface area contributed by atoms with Gasteiger partial charge in [-0.3, -0.25) is 4.79 Å². The van der Waals surface area contributed by atoms with Crippen LogP contribution in [0.3, 0.4) is 0 Å². The van der Waals surface area contributed by atoms with Gasteiger partial charge in [-0.2, -0.15) is 0 Å². The van der Waals surface area contributed by atoms with Gasteiger partial charge in [-0.15, -0.1) is 0 Å². The second kappa shape index (κ2) is 6.28. The number of aryl methyl sites for hydroxylation is 1. The maximum atomic E-state index is 12.2. The molecule has 3 nitrogen and oxygen atoms in total. The Morgan fingerprint density at radius 2 is 2.06 bits per heavy atom. The molecule has 0 aromatic heterocycles. The first-order valence-electron chi connectivity index (χ1n) is 6.21. The highest BCUT2D eigenvalue weighted by atomic mass is 16.2. The number of nitrogens with one attached hydrogen (secondary N) is 1. The van der Waals surface area contributed by atoms with Crippen LogP contribution in [-0.2, 0) is 0 Å². The van der Waals surface area contributed by atoms with E-state index in [0.29, 0.717) is 0 Å². The molecule has 0 unspecified atom stereocenters. The average molecular weight is 234 g/mol. The SMILES string of the molecule is CCCN(CC)C(=O)c1ccc(NC)c(C)c1. The molecule has 0 aliphatic carbocycles. The zero-order valence-electron chi connectivity index (χ0n) is 11.2. The second-order valence-electron chi connectivity index (χ2n) is 4.16. The summed E-state index contributed by atoms with van der Waals surface area (Å²) in [6.07, 6.45) is 0.993. The lowest BCUT2D eigenvalue weighted by atomic mass is 10.1. The number of rotatable bonds is 5. The molecule has 1 N–H and O–H groups in total. The fraction of sp³-hybridized carbons (Fsp3) is 0.500. The minimum absolute atomic E-state index is 0.125. The van der Waals surface area contributed by atoms with Gasteiger partial charge in [0.1, 0.15) is 0 Å². The molecular formula is C14H22N2O. The number of hydrogen-bond acceptors (Lipinski definition) is 2. The summed E-state index contributed by atoms with van der Waals surface area (Å²) < 4.78 is 0. The van der Waals surface area contributed by atoms with Crippen LogP contribution < -0.4 is 5.32 Å². The highest BCUT2D eigenvalue weighted by molar-refractivity contribution is 5.94. The Morgan fingerprint density at radius 3 is 2.53 bits per heavy atom. The van der Waals surface area contributed by atoms with Gasteiger partial charge in [0.25, 0.3) is 5.91 Å². The zero-order valence-corrected chi connectivity index (χ0v) is 11.2. The number of nitrogens with zero attached hydrogens (tertiary/aromatic N) is 1. The molecule has 1 amide bonds. The van der Waals surface area contributed by atoms with Crippen molar-refractivity contribution in [1.29, 1.82) is 0 Å². The van der Waals surface area contributed by atoms with E-state index < -0.39 is 0 Å². The van der Waals surface area contributed by atoms with E-state index >= 15 is 0 Å². The van der Waals surface area contributed by atoms with Crippen LogP contribution in [0, 0.1) is 6.92 Å². The molecule has 3 heteroatoms. The van der Waals surface area contributed by atoms with Gasteiger partial charge < -0.3 is 10.2 Å². The monoisotopic (exact) mass is 234 g/mol. The van der Waals surface area contributed by atoms with Crippen molar-refractivity contribution in [3.63, 3.8) is 0 Å². The van der Waals surface area contributed by atoms with Crippen LogP contribution in [0.15, 0.2) is 18.2 Å². The predicted octanol–water partition coefficient (Wildman–Crippen LogP) is 2.91. The molecule has 0 bridgehead atoms. The molecule has 94 valence electrons. The summed E-state index contributed by atoms with van der Waals surface area (Å²) in [4.78, 5) is 14.1. The van der Waals surface area contributed by atoms with E-state index in [0.717, 1.165) is 36.3 Å². The largest absolute Gasteiger partial charge is 0.388 e. The van der Waals surface area contributed by atoms with E-state index in [9.17, 15) is 4.79 Å². The molecule has 0 saturated heterocycles. The van der Waals surface area contributed by atoms with Gasteiger partial charge in [-0.1, -0.05) is 6.92 Å². The van der Waals surface area contributed by atoms with Crippen LogP contribution in [0.2, 0.25) is 0 Å². The van der Waals surface area contributed by atoms with Gasteiger partial charge >= 0.3 is 0 Å². The van der Waals surface area contributed by atoms with E-state index in [2.05, 4.69) is 12.2 Å². The fourth-order valence-corrected chi connectivity index (χ4v) is 1.93. The van der Waals surface area contributed by atoms with Gasteiger partial charge in [-0.05, 0) is 44.0 Å². The minimum atomic E-state index is 0.125. The molecule has 17 heavy (non-hydrogen) atoms. The number of anilines is 1. The molecule has 0 saturated carbocycles. The predicted molar refractivity (Wildman–Crippen MR) is 72.6 cm³/mol. The van der Waals surface area contributed by atoms with E-state index in [4.69, 9.17) is 0 Å². The Morgan fingerprint density at radius 1 is 1.35 bits per heavy atom. The third kappa shape index (κ3) is 3.22. The molecule has 0 aliphatic rings. The summed E-state index contributed by atoms with van der Waals surface area (Å²) in [5.74, 6) is 0.125. The van der Waals surface area contributed by atoms with Crippen LogP contribution in [0.4, 0.5) is 5.69 Å². The van der Waals surface area contributed by atoms with Crippen molar-refractivity contribution in [2.24, 2.45) is 0 Å². The summed E-state index contributed by atoms with van der Waals surface area (Å²) in [5.41, 5.74) is 2.95. The third-order valence-corrected chi connectivity index (χ3v) is 2.91. The molecule has 1 aromatic rings. The maximum absolute atomic E-state index is 12.2. The van der Waals surface area contributed by atoms with Gasteiger partial charge in [0.15, 0.2) is 0 Å². The van der Waals surface area contributed by atoms with E-state index in [-0.39, 0.29) is 5.91 Å². The van der Waals surface area contributed by atoms with Crippen LogP contribution in [0.1, 0.15) is 36.2 Å². The molecule has 0 radical (unpaired) electrons. The molecule has 0 aliphatic heterocycles. The summed E-state index contributed by atoms with van der Waals surface area (Å²) >= 11 is 0. The number of benzene rings is 1. The lowest BCUT2D eigenvalue weighted by Gasteiger charge is -2.20. The van der Waals surface area contributed by atoms with Crippen molar-refractivity contribution >= 4 is 11.6 Å². The number of hydrogen-bond donors (Lipinski definition) is 1. The fourth-order valence-electron chi connectivity index (χ4n) is 1.93. The number of carbonyl (C=O) groups is 1. The van der Waals surface area contributed by atoms with Crippen molar-refractivity contribution in [3.8, 4) is 0 Å². The highest BCUT2D eigenvalue weighted by Crippen LogP contribution is 2.17. The Balaban J connectivity index is 2.92. The summed E-state index contributed by atoms with van der Waals surface area (Å²) in [5, 5.41) is 3.10. The molecule has 1 aromatic carbocycles. The third-order valence-electron chi connectivity index (χ3n) is 2.91. The Kier molecular flexibility index (Phi) is 5.01. The van der Waals surface area contributed by atoms with Gasteiger partial charge in [0, 0.05) is 31.4 Å². The molecule has 0 heterocycles. The second-order valence-corrected chi connectivity index (χ2v) is 4.16. The first-order valence-corrected chi connectivity index (χ1v) is 6.21. The Labute approximate surface area is 104 Å². The topological polar surface area (TPSA) is 32.3 Å². The molecule has 0 fully saturated rings. The van der Waals surface area contributed by atoms with E-state index in [1.165, 1.54) is 0 Å². The van der Waals surface area contributed by atoms with E-state index in [1.54, 1.807) is 0 Å². The van der Waals surface area contributed by atoms with Crippen molar-refractivity contribution in [2.45, 2.75) is 27.2 Å². The normalized spacial score (nSPS) is 10.1. The minimum Gasteiger partial charge on any atom is -0.388 e. The molecule has 0 atom stereocenters. The average Bonchev–Trinajstić information content (AvgIpc) is 2.35. The Bertz CT molecular complexity index is 388. The van der Waals surface area contributed by atoms with Crippen LogP contribution in [0.5, 0.6) is 0 Å². The molecule has 0 spiro atoms. The van der Waals surface area contributed by atoms with E-state index in [1.807, 2.05) is 44.0 Å². The van der Waals surface area contributed by atoms with Gasteiger partial charge in [-0.25, -0.2) is 0 Å². The van der Waals surface area contributed by atoms with Crippen LogP contribution >= 0.6 is 0 Å². The van der Waals surface area contributed by atoms with Crippen molar-refractivity contribution < 1.29 is 4.79 Å². The van der Waals surface area contributed by atoms with Crippen molar-refractivity contribution in [1.82, 2.24) is 4.90 Å². The lowest BCUT2D eigenvalue weighted by Crippen LogP contribution is -2.31. The number of amides is 1. The van der Waals surface area contributed by atoms with Crippen LogP contribution in [-0.4, -0.2) is 30.9 Å². The number of carbonyl (C=O) groups excluding carboxylic acids is 1. The van der Waals surface area contributed by atoms with Crippen LogP contribution in [0.25, 0.3) is 0 Å². The van der Waals surface area contributed by atoms with Gasteiger partial charge in [0.2, 0.25) is 0 Å². The maximum Gasteiger partial charge on any atom is 0.253 e. The summed E-state index contributed by atoms with van der Waals surface area (Å²) in [6, 6.07) is 5.80. The highest BCUT2D eigenvalue weighted by Gasteiger charge is 2.13. The summed E-state index contributed by atoms with van der Waals surface area (Å²) in [6.45, 7) is 7.70. The lowest BCUT2D eigenvalue weighted by molar-refractivity contribution is 0.0764. The van der Waals surface area contributed by atoms with Crippen molar-refractivity contribution in [3.05, 3.63) is 29.3 Å². The quantitative estimate of drug-likeness (QED) is 0.849.